The van der Waals surface area contributed by atoms with E-state index in [4.69, 9.17) is 16.3 Å². The van der Waals surface area contributed by atoms with Crippen LogP contribution in [0.15, 0.2) is 0 Å². The molecule has 3 unspecified atom stereocenters. The van der Waals surface area contributed by atoms with Gasteiger partial charge in [-0.25, -0.2) is 0 Å². The van der Waals surface area contributed by atoms with E-state index in [1.54, 1.807) is 0 Å². The summed E-state index contributed by atoms with van der Waals surface area (Å²) in [7, 11) is 0. The number of rotatable bonds is 3. The Balaban J connectivity index is 2.09. The van der Waals surface area contributed by atoms with Gasteiger partial charge in [0.15, 0.2) is 0 Å². The maximum atomic E-state index is 5.78. The van der Waals surface area contributed by atoms with Crippen molar-refractivity contribution >= 4 is 11.6 Å². The van der Waals surface area contributed by atoms with E-state index >= 15 is 0 Å². The monoisotopic (exact) mass is 148 g/mol. The third-order valence-corrected chi connectivity index (χ3v) is 1.90. The van der Waals surface area contributed by atoms with Gasteiger partial charge in [0.2, 0.25) is 0 Å². The van der Waals surface area contributed by atoms with Gasteiger partial charge in [-0.15, -0.1) is 11.6 Å². The molecule has 0 aliphatic carbocycles. The normalized spacial score (nSPS) is 36.3. The molecular formula is C7H13ClO. The first kappa shape index (κ1) is 7.36. The molecule has 0 radical (unpaired) electrons. The third kappa shape index (κ3) is 1.84. The topological polar surface area (TPSA) is 12.5 Å². The Labute approximate surface area is 61.3 Å². The van der Waals surface area contributed by atoms with Crippen LogP contribution in [-0.4, -0.2) is 17.6 Å². The minimum absolute atomic E-state index is 0.196. The molecule has 0 aromatic rings. The van der Waals surface area contributed by atoms with E-state index in [1.165, 1.54) is 12.8 Å². The minimum atomic E-state index is 0.196. The van der Waals surface area contributed by atoms with Crippen molar-refractivity contribution in [1.82, 2.24) is 0 Å². The average Bonchev–Trinajstić information content (AvgIpc) is 2.47. The molecule has 0 N–H and O–H groups in total. The Hall–Kier alpha value is 0.250. The summed E-state index contributed by atoms with van der Waals surface area (Å²) in [5.74, 6) is 0. The zero-order valence-electron chi connectivity index (χ0n) is 5.93. The van der Waals surface area contributed by atoms with Crippen LogP contribution in [0.25, 0.3) is 0 Å². The molecule has 1 heterocycles. The first-order valence-electron chi connectivity index (χ1n) is 3.55. The van der Waals surface area contributed by atoms with Gasteiger partial charge < -0.3 is 4.74 Å². The van der Waals surface area contributed by atoms with Crippen molar-refractivity contribution in [2.45, 2.75) is 44.3 Å². The largest absolute Gasteiger partial charge is 0.368 e. The van der Waals surface area contributed by atoms with E-state index in [2.05, 4.69) is 6.92 Å². The van der Waals surface area contributed by atoms with Crippen LogP contribution in [0.5, 0.6) is 0 Å². The molecule has 9 heavy (non-hydrogen) atoms. The summed E-state index contributed by atoms with van der Waals surface area (Å²) in [5.41, 5.74) is 0. The number of epoxide rings is 1. The van der Waals surface area contributed by atoms with Gasteiger partial charge in [0.25, 0.3) is 0 Å². The minimum Gasteiger partial charge on any atom is -0.368 e. The van der Waals surface area contributed by atoms with Crippen molar-refractivity contribution in [3.8, 4) is 0 Å². The van der Waals surface area contributed by atoms with Crippen molar-refractivity contribution < 1.29 is 4.74 Å². The van der Waals surface area contributed by atoms with Crippen molar-refractivity contribution in [3.63, 3.8) is 0 Å². The summed E-state index contributed by atoms with van der Waals surface area (Å²) in [6.45, 7) is 4.15. The molecule has 3 atom stereocenters. The lowest BCUT2D eigenvalue weighted by atomic mass is 10.2. The highest BCUT2D eigenvalue weighted by Gasteiger charge is 2.40. The molecule has 0 aromatic heterocycles. The van der Waals surface area contributed by atoms with Gasteiger partial charge in [-0.1, -0.05) is 13.3 Å². The molecule has 1 aliphatic rings. The molecule has 0 saturated carbocycles. The molecule has 1 rings (SSSR count). The van der Waals surface area contributed by atoms with E-state index in [0.717, 1.165) is 0 Å². The summed E-state index contributed by atoms with van der Waals surface area (Å²) >= 11 is 5.78. The van der Waals surface area contributed by atoms with Crippen LogP contribution in [0.2, 0.25) is 0 Å². The summed E-state index contributed by atoms with van der Waals surface area (Å²) in [5, 5.41) is 0.196. The fraction of sp³-hybridized carbons (Fsp3) is 1.00. The fourth-order valence-corrected chi connectivity index (χ4v) is 1.30. The van der Waals surface area contributed by atoms with E-state index < -0.39 is 0 Å². The fourth-order valence-electron chi connectivity index (χ4n) is 1.08. The predicted molar refractivity (Wildman–Crippen MR) is 38.9 cm³/mol. The third-order valence-electron chi connectivity index (χ3n) is 1.65. The van der Waals surface area contributed by atoms with Gasteiger partial charge in [0.05, 0.1) is 11.5 Å². The van der Waals surface area contributed by atoms with E-state index in [1.807, 2.05) is 6.92 Å². The summed E-state index contributed by atoms with van der Waals surface area (Å²) in [6, 6.07) is 0. The smallest absolute Gasteiger partial charge is 0.100 e. The van der Waals surface area contributed by atoms with Crippen molar-refractivity contribution in [2.24, 2.45) is 0 Å². The lowest BCUT2D eigenvalue weighted by Crippen LogP contribution is -2.04. The highest BCUT2D eigenvalue weighted by Crippen LogP contribution is 2.31. The second kappa shape index (κ2) is 2.89. The van der Waals surface area contributed by atoms with Crippen LogP contribution in [0, 0.1) is 0 Å². The highest BCUT2D eigenvalue weighted by molar-refractivity contribution is 6.21. The van der Waals surface area contributed by atoms with Gasteiger partial charge in [-0.3, -0.25) is 0 Å². The van der Waals surface area contributed by atoms with Gasteiger partial charge >= 0.3 is 0 Å². The molecule has 1 aliphatic heterocycles. The van der Waals surface area contributed by atoms with Crippen LogP contribution in [0.3, 0.4) is 0 Å². The predicted octanol–water partition coefficient (Wildman–Crippen LogP) is 2.18. The maximum Gasteiger partial charge on any atom is 0.100 e. The van der Waals surface area contributed by atoms with E-state index in [0.29, 0.717) is 12.2 Å². The van der Waals surface area contributed by atoms with Crippen LogP contribution in [-0.2, 0) is 4.74 Å². The van der Waals surface area contributed by atoms with Crippen LogP contribution >= 0.6 is 11.6 Å². The number of halogens is 1. The van der Waals surface area contributed by atoms with Gasteiger partial charge in [0.1, 0.15) is 6.10 Å². The lowest BCUT2D eigenvalue weighted by Gasteiger charge is -1.92. The first-order chi connectivity index (χ1) is 4.25. The molecule has 1 fully saturated rings. The molecule has 54 valence electrons. The number of alkyl halides is 1. The first-order valence-corrected chi connectivity index (χ1v) is 3.99. The molecular weight excluding hydrogens is 136 g/mol. The molecule has 1 nitrogen and oxygen atoms in total. The molecule has 2 heteroatoms. The number of hydrogen-bond donors (Lipinski definition) is 0. The van der Waals surface area contributed by atoms with E-state index in [9.17, 15) is 0 Å². The Morgan fingerprint density at radius 2 is 2.33 bits per heavy atom. The Bertz CT molecular complexity index is 92.9. The van der Waals surface area contributed by atoms with Crippen LogP contribution in [0.4, 0.5) is 0 Å². The van der Waals surface area contributed by atoms with E-state index in [-0.39, 0.29) is 5.38 Å². The quantitative estimate of drug-likeness (QED) is 0.442. The van der Waals surface area contributed by atoms with Crippen molar-refractivity contribution in [1.29, 1.82) is 0 Å². The summed E-state index contributed by atoms with van der Waals surface area (Å²) < 4.78 is 5.29. The Kier molecular flexibility index (Phi) is 2.36. The van der Waals surface area contributed by atoms with Gasteiger partial charge in [-0.05, 0) is 13.3 Å². The van der Waals surface area contributed by atoms with Crippen LogP contribution < -0.4 is 0 Å². The molecule has 0 bridgehead atoms. The average molecular weight is 149 g/mol. The SMILES string of the molecule is CCCC1OC1C(C)Cl. The number of ether oxygens (including phenoxy) is 1. The second-order valence-corrected chi connectivity index (χ2v) is 3.29. The molecule has 0 spiro atoms. The molecule has 1 saturated heterocycles. The van der Waals surface area contributed by atoms with Crippen LogP contribution in [0.1, 0.15) is 26.7 Å². The standard InChI is InChI=1S/C7H13ClO/c1-3-4-6-7(9-6)5(2)8/h5-7H,3-4H2,1-2H3. The summed E-state index contributed by atoms with van der Waals surface area (Å²) in [6.07, 6.45) is 3.20. The molecule has 0 aromatic carbocycles. The zero-order chi connectivity index (χ0) is 6.85. The molecule has 0 amide bonds. The summed E-state index contributed by atoms with van der Waals surface area (Å²) in [4.78, 5) is 0. The van der Waals surface area contributed by atoms with Gasteiger partial charge in [0, 0.05) is 0 Å². The lowest BCUT2D eigenvalue weighted by molar-refractivity contribution is 0.360. The van der Waals surface area contributed by atoms with Gasteiger partial charge in [-0.2, -0.15) is 0 Å². The van der Waals surface area contributed by atoms with Crippen molar-refractivity contribution in [2.75, 3.05) is 0 Å². The number of hydrogen-bond acceptors (Lipinski definition) is 1. The maximum absolute atomic E-state index is 5.78. The Morgan fingerprint density at radius 1 is 1.67 bits per heavy atom. The van der Waals surface area contributed by atoms with Crippen molar-refractivity contribution in [3.05, 3.63) is 0 Å². The zero-order valence-corrected chi connectivity index (χ0v) is 6.69. The Morgan fingerprint density at radius 3 is 2.67 bits per heavy atom. The highest BCUT2D eigenvalue weighted by atomic mass is 35.5. The second-order valence-electron chi connectivity index (χ2n) is 2.61.